The fourth-order valence-corrected chi connectivity index (χ4v) is 0.825. The molecule has 0 saturated heterocycles. The lowest BCUT2D eigenvalue weighted by Gasteiger charge is -1.85. The van der Waals surface area contributed by atoms with Crippen molar-refractivity contribution in [2.75, 3.05) is 0 Å². The highest BCUT2D eigenvalue weighted by Crippen LogP contribution is 2.11. The number of nitrogens with zero attached hydrogens (tertiary/aromatic N) is 1. The molecule has 1 nitrogen and oxygen atoms in total. The van der Waals surface area contributed by atoms with Crippen LogP contribution in [-0.4, -0.2) is 5.71 Å². The second-order valence-corrected chi connectivity index (χ2v) is 2.10. The van der Waals surface area contributed by atoms with Gasteiger partial charge in [0.25, 0.3) is 0 Å². The molecule has 0 N–H and O–H groups in total. The smallest absolute Gasteiger partial charge is 0.0364 e. The highest BCUT2D eigenvalue weighted by Gasteiger charge is 1.99. The first-order valence-corrected chi connectivity index (χ1v) is 3.06. The van der Waals surface area contributed by atoms with E-state index < -0.39 is 0 Å². The molecule has 0 aromatic heterocycles. The summed E-state index contributed by atoms with van der Waals surface area (Å²) in [6, 6.07) is 0. The van der Waals surface area contributed by atoms with Gasteiger partial charge in [-0.3, -0.25) is 4.99 Å². The average molecular weight is 109 g/mol. The van der Waals surface area contributed by atoms with Crippen molar-refractivity contribution in [3.05, 3.63) is 11.8 Å². The molecule has 0 atom stereocenters. The Bertz CT molecular complexity index is 142. The standard InChI is InChI=1S/C7H11N/c1-3-7-5-4-6(2)8-7/h5H,3-4H2,1-2H3. The molecule has 0 aromatic rings. The number of hydrogen-bond acceptors (Lipinski definition) is 1. The van der Waals surface area contributed by atoms with Crippen molar-refractivity contribution in [3.8, 4) is 0 Å². The molecule has 1 aliphatic heterocycles. The fourth-order valence-electron chi connectivity index (χ4n) is 0.825. The van der Waals surface area contributed by atoms with E-state index in [2.05, 4.69) is 24.9 Å². The van der Waals surface area contributed by atoms with E-state index in [-0.39, 0.29) is 0 Å². The quantitative estimate of drug-likeness (QED) is 0.489. The van der Waals surface area contributed by atoms with E-state index in [1.54, 1.807) is 0 Å². The van der Waals surface area contributed by atoms with Crippen LogP contribution in [0.1, 0.15) is 26.7 Å². The minimum atomic E-state index is 1.07. The predicted octanol–water partition coefficient (Wildman–Crippen LogP) is 2.14. The van der Waals surface area contributed by atoms with Gasteiger partial charge in [0.1, 0.15) is 0 Å². The van der Waals surface area contributed by atoms with Crippen molar-refractivity contribution in [1.82, 2.24) is 0 Å². The van der Waals surface area contributed by atoms with E-state index in [1.165, 1.54) is 11.4 Å². The largest absolute Gasteiger partial charge is 0.263 e. The fraction of sp³-hybridized carbons (Fsp3) is 0.571. The molecule has 1 rings (SSSR count). The molecule has 0 aromatic carbocycles. The van der Waals surface area contributed by atoms with E-state index in [9.17, 15) is 0 Å². The Morgan fingerprint density at radius 1 is 1.75 bits per heavy atom. The van der Waals surface area contributed by atoms with Crippen LogP contribution in [0.5, 0.6) is 0 Å². The number of aliphatic imine (C=N–C) groups is 1. The molecule has 0 unspecified atom stereocenters. The van der Waals surface area contributed by atoms with E-state index in [1.807, 2.05) is 0 Å². The Kier molecular flexibility index (Phi) is 1.47. The van der Waals surface area contributed by atoms with Gasteiger partial charge in [-0.05, 0) is 13.3 Å². The highest BCUT2D eigenvalue weighted by atomic mass is 14.8. The summed E-state index contributed by atoms with van der Waals surface area (Å²) in [5.41, 5.74) is 2.50. The summed E-state index contributed by atoms with van der Waals surface area (Å²) in [7, 11) is 0. The summed E-state index contributed by atoms with van der Waals surface area (Å²) in [6.07, 6.45) is 4.34. The predicted molar refractivity (Wildman–Crippen MR) is 36.1 cm³/mol. The van der Waals surface area contributed by atoms with Crippen LogP contribution in [-0.2, 0) is 0 Å². The summed E-state index contributed by atoms with van der Waals surface area (Å²) < 4.78 is 0. The Balaban J connectivity index is 2.58. The molecule has 8 heavy (non-hydrogen) atoms. The molecule has 1 heteroatoms. The van der Waals surface area contributed by atoms with Gasteiger partial charge in [-0.1, -0.05) is 13.0 Å². The zero-order chi connectivity index (χ0) is 5.98. The minimum Gasteiger partial charge on any atom is -0.263 e. The van der Waals surface area contributed by atoms with Crippen molar-refractivity contribution < 1.29 is 0 Å². The van der Waals surface area contributed by atoms with Gasteiger partial charge in [0, 0.05) is 17.8 Å². The van der Waals surface area contributed by atoms with Gasteiger partial charge < -0.3 is 0 Å². The van der Waals surface area contributed by atoms with Crippen LogP contribution in [0.4, 0.5) is 0 Å². The maximum Gasteiger partial charge on any atom is 0.0364 e. The van der Waals surface area contributed by atoms with Gasteiger partial charge in [0.2, 0.25) is 0 Å². The van der Waals surface area contributed by atoms with Crippen LogP contribution in [0, 0.1) is 0 Å². The Morgan fingerprint density at radius 3 is 2.75 bits per heavy atom. The molecule has 0 fully saturated rings. The van der Waals surface area contributed by atoms with Gasteiger partial charge in [-0.25, -0.2) is 0 Å². The maximum atomic E-state index is 4.28. The second-order valence-electron chi connectivity index (χ2n) is 2.10. The Labute approximate surface area is 50.1 Å². The van der Waals surface area contributed by atoms with E-state index in [0.29, 0.717) is 0 Å². The molecule has 0 amide bonds. The van der Waals surface area contributed by atoms with Gasteiger partial charge in [0.15, 0.2) is 0 Å². The Hall–Kier alpha value is -0.590. The zero-order valence-corrected chi connectivity index (χ0v) is 5.44. The summed E-state index contributed by atoms with van der Waals surface area (Å²) in [5.74, 6) is 0. The van der Waals surface area contributed by atoms with Crippen LogP contribution in [0.25, 0.3) is 0 Å². The van der Waals surface area contributed by atoms with Gasteiger partial charge >= 0.3 is 0 Å². The molecule has 0 spiro atoms. The summed E-state index contributed by atoms with van der Waals surface area (Å²) in [4.78, 5) is 4.28. The highest BCUT2D eigenvalue weighted by molar-refractivity contribution is 5.86. The second kappa shape index (κ2) is 2.12. The Morgan fingerprint density at radius 2 is 2.50 bits per heavy atom. The van der Waals surface area contributed by atoms with Crippen molar-refractivity contribution >= 4 is 5.71 Å². The maximum absolute atomic E-state index is 4.28. The molecule has 1 aliphatic rings. The number of rotatable bonds is 1. The van der Waals surface area contributed by atoms with Crippen molar-refractivity contribution in [2.24, 2.45) is 4.99 Å². The molecular weight excluding hydrogens is 98.1 g/mol. The molecule has 1 heterocycles. The summed E-state index contributed by atoms with van der Waals surface area (Å²) >= 11 is 0. The monoisotopic (exact) mass is 109 g/mol. The lowest BCUT2D eigenvalue weighted by molar-refractivity contribution is 1.08. The van der Waals surface area contributed by atoms with Crippen molar-refractivity contribution in [1.29, 1.82) is 0 Å². The molecule has 0 saturated carbocycles. The molecule has 0 bridgehead atoms. The first-order valence-electron chi connectivity index (χ1n) is 3.06. The topological polar surface area (TPSA) is 12.4 Å². The molecular formula is C7H11N. The van der Waals surface area contributed by atoms with Crippen LogP contribution in [0.2, 0.25) is 0 Å². The number of hydrogen-bond donors (Lipinski definition) is 0. The lowest BCUT2D eigenvalue weighted by atomic mass is 10.3. The van der Waals surface area contributed by atoms with Crippen LogP contribution in [0.15, 0.2) is 16.8 Å². The minimum absolute atomic E-state index is 1.07. The summed E-state index contributed by atoms with van der Waals surface area (Å²) in [6.45, 7) is 4.20. The third-order valence-electron chi connectivity index (χ3n) is 1.33. The number of allylic oxidation sites excluding steroid dienone is 2. The van der Waals surface area contributed by atoms with E-state index >= 15 is 0 Å². The first-order chi connectivity index (χ1) is 3.83. The van der Waals surface area contributed by atoms with E-state index in [0.717, 1.165) is 12.8 Å². The molecule has 0 radical (unpaired) electrons. The van der Waals surface area contributed by atoms with Crippen LogP contribution in [0.3, 0.4) is 0 Å². The molecule has 44 valence electrons. The van der Waals surface area contributed by atoms with Gasteiger partial charge in [0.05, 0.1) is 0 Å². The summed E-state index contributed by atoms with van der Waals surface area (Å²) in [5, 5.41) is 0. The average Bonchev–Trinajstić information content (AvgIpc) is 2.14. The normalized spacial score (nSPS) is 18.2. The van der Waals surface area contributed by atoms with Crippen molar-refractivity contribution in [3.63, 3.8) is 0 Å². The first kappa shape index (κ1) is 5.54. The SMILES string of the molecule is CCC1=CCC(C)=N1. The van der Waals surface area contributed by atoms with Gasteiger partial charge in [-0.15, -0.1) is 0 Å². The third-order valence-corrected chi connectivity index (χ3v) is 1.33. The van der Waals surface area contributed by atoms with E-state index in [4.69, 9.17) is 0 Å². The zero-order valence-electron chi connectivity index (χ0n) is 5.44. The van der Waals surface area contributed by atoms with Gasteiger partial charge in [-0.2, -0.15) is 0 Å². The van der Waals surface area contributed by atoms with Crippen LogP contribution < -0.4 is 0 Å². The third kappa shape index (κ3) is 0.971. The molecule has 0 aliphatic carbocycles. The lowest BCUT2D eigenvalue weighted by Crippen LogP contribution is -1.78. The van der Waals surface area contributed by atoms with Crippen molar-refractivity contribution in [2.45, 2.75) is 26.7 Å². The van der Waals surface area contributed by atoms with Crippen LogP contribution >= 0.6 is 0 Å².